The van der Waals surface area contributed by atoms with Crippen molar-refractivity contribution in [2.75, 3.05) is 0 Å². The molecule has 4 saturated carbocycles. The molecule has 0 radical (unpaired) electrons. The van der Waals surface area contributed by atoms with Gasteiger partial charge in [0, 0.05) is 0 Å². The SMILES string of the molecule is CCCCCC1CCC(/C=C/C2CCC(C3CCC(/C=C/C4CCC(CCC)CC4)CC3)CC2)CC1. The highest BCUT2D eigenvalue weighted by atomic mass is 14.4. The maximum absolute atomic E-state index is 2.68. The summed E-state index contributed by atoms with van der Waals surface area (Å²) in [6, 6.07) is 0. The molecule has 0 spiro atoms. The molecule has 0 N–H and O–H groups in total. The van der Waals surface area contributed by atoms with E-state index in [2.05, 4.69) is 38.2 Å². The molecule has 0 amide bonds. The van der Waals surface area contributed by atoms with Crippen molar-refractivity contribution in [3.8, 4) is 0 Å². The Labute approximate surface area is 226 Å². The zero-order valence-electron chi connectivity index (χ0n) is 24.5. The lowest BCUT2D eigenvalue weighted by Gasteiger charge is -2.37. The predicted octanol–water partition coefficient (Wildman–Crippen LogP) is 11.7. The summed E-state index contributed by atoms with van der Waals surface area (Å²) in [5, 5.41) is 0. The van der Waals surface area contributed by atoms with Gasteiger partial charge in [-0.3, -0.25) is 0 Å². The third kappa shape index (κ3) is 9.34. The summed E-state index contributed by atoms with van der Waals surface area (Å²) in [7, 11) is 0. The number of rotatable bonds is 11. The van der Waals surface area contributed by atoms with Crippen LogP contribution < -0.4 is 0 Å². The van der Waals surface area contributed by atoms with Crippen molar-refractivity contribution in [2.24, 2.45) is 47.3 Å². The number of hydrogen-bond acceptors (Lipinski definition) is 0. The molecule has 0 heteroatoms. The summed E-state index contributed by atoms with van der Waals surface area (Å²) in [5.74, 6) is 7.79. The van der Waals surface area contributed by atoms with Crippen LogP contribution in [-0.4, -0.2) is 0 Å². The van der Waals surface area contributed by atoms with E-state index in [0.29, 0.717) is 0 Å². The van der Waals surface area contributed by atoms with Crippen molar-refractivity contribution in [2.45, 2.75) is 155 Å². The Morgan fingerprint density at radius 3 is 1.11 bits per heavy atom. The average Bonchev–Trinajstić information content (AvgIpc) is 2.93. The fourth-order valence-electron chi connectivity index (χ4n) is 8.68. The first-order chi connectivity index (χ1) is 17.7. The summed E-state index contributed by atoms with van der Waals surface area (Å²) in [6.07, 6.45) is 43.2. The Morgan fingerprint density at radius 2 is 0.750 bits per heavy atom. The van der Waals surface area contributed by atoms with Crippen molar-refractivity contribution in [3.63, 3.8) is 0 Å². The minimum Gasteiger partial charge on any atom is -0.0851 e. The molecule has 0 heterocycles. The van der Waals surface area contributed by atoms with E-state index in [4.69, 9.17) is 0 Å². The van der Waals surface area contributed by atoms with E-state index in [1.807, 2.05) is 0 Å². The molecular formula is C36H62. The first-order valence-corrected chi connectivity index (χ1v) is 17.1. The van der Waals surface area contributed by atoms with Gasteiger partial charge in [0.1, 0.15) is 0 Å². The van der Waals surface area contributed by atoms with E-state index in [0.717, 1.165) is 47.3 Å². The molecule has 0 unspecified atom stereocenters. The highest BCUT2D eigenvalue weighted by Gasteiger charge is 2.30. The van der Waals surface area contributed by atoms with Crippen LogP contribution in [0.4, 0.5) is 0 Å². The lowest BCUT2D eigenvalue weighted by Crippen LogP contribution is -2.25. The van der Waals surface area contributed by atoms with Gasteiger partial charge in [0.05, 0.1) is 0 Å². The molecule has 4 rings (SSSR count). The molecule has 0 aromatic carbocycles. The quantitative estimate of drug-likeness (QED) is 0.198. The first kappa shape index (κ1) is 28.5. The van der Waals surface area contributed by atoms with Crippen molar-refractivity contribution in [1.29, 1.82) is 0 Å². The molecule has 0 nitrogen and oxygen atoms in total. The molecule has 0 atom stereocenters. The molecule has 4 aliphatic carbocycles. The summed E-state index contributed by atoms with van der Waals surface area (Å²) in [5.41, 5.74) is 0. The Bertz CT molecular complexity index is 610. The Morgan fingerprint density at radius 1 is 0.389 bits per heavy atom. The van der Waals surface area contributed by atoms with Gasteiger partial charge in [0.15, 0.2) is 0 Å². The molecule has 0 aromatic rings. The van der Waals surface area contributed by atoms with Crippen molar-refractivity contribution in [3.05, 3.63) is 24.3 Å². The van der Waals surface area contributed by atoms with Crippen molar-refractivity contribution in [1.82, 2.24) is 0 Å². The second kappa shape index (κ2) is 15.8. The minimum atomic E-state index is 0.898. The van der Waals surface area contributed by atoms with Crippen molar-refractivity contribution < 1.29 is 0 Å². The Kier molecular flexibility index (Phi) is 12.5. The fourth-order valence-corrected chi connectivity index (χ4v) is 8.68. The largest absolute Gasteiger partial charge is 0.0851 e. The minimum absolute atomic E-state index is 0.898. The zero-order valence-corrected chi connectivity index (χ0v) is 24.5. The summed E-state index contributed by atoms with van der Waals surface area (Å²) in [4.78, 5) is 0. The van der Waals surface area contributed by atoms with E-state index < -0.39 is 0 Å². The van der Waals surface area contributed by atoms with Crippen LogP contribution in [0.15, 0.2) is 24.3 Å². The monoisotopic (exact) mass is 494 g/mol. The van der Waals surface area contributed by atoms with Crippen molar-refractivity contribution >= 4 is 0 Å². The van der Waals surface area contributed by atoms with Gasteiger partial charge in [-0.2, -0.15) is 0 Å². The standard InChI is InChI=1S/C36H62/c1-3-5-6-8-30-11-15-32(16-12-30)18-20-34-23-27-36(28-24-34)35-25-21-33(22-26-35)19-17-31-13-9-29(7-4-2)10-14-31/h17-20,29-36H,3-16,21-28H2,1-2H3/b19-17+,20-18+. The smallest absolute Gasteiger partial charge is 0.0233 e. The van der Waals surface area contributed by atoms with Crippen LogP contribution in [0.5, 0.6) is 0 Å². The van der Waals surface area contributed by atoms with Crippen LogP contribution in [0.2, 0.25) is 0 Å². The molecule has 0 aromatic heterocycles. The van der Waals surface area contributed by atoms with Crippen LogP contribution in [0.3, 0.4) is 0 Å². The third-order valence-electron chi connectivity index (χ3n) is 11.3. The molecule has 0 bridgehead atoms. The van der Waals surface area contributed by atoms with E-state index in [1.54, 1.807) is 0 Å². The summed E-state index contributed by atoms with van der Waals surface area (Å²) < 4.78 is 0. The van der Waals surface area contributed by atoms with Gasteiger partial charge in [-0.25, -0.2) is 0 Å². The van der Waals surface area contributed by atoms with Gasteiger partial charge in [-0.05, 0) is 150 Å². The number of allylic oxidation sites excluding steroid dienone is 4. The second-order valence-electron chi connectivity index (χ2n) is 14.0. The van der Waals surface area contributed by atoms with Crippen LogP contribution in [0.1, 0.15) is 155 Å². The lowest BCUT2D eigenvalue weighted by molar-refractivity contribution is 0.166. The molecule has 36 heavy (non-hydrogen) atoms. The topological polar surface area (TPSA) is 0 Å². The van der Waals surface area contributed by atoms with Gasteiger partial charge in [-0.15, -0.1) is 0 Å². The van der Waals surface area contributed by atoms with Crippen LogP contribution >= 0.6 is 0 Å². The van der Waals surface area contributed by atoms with Crippen LogP contribution in [0.25, 0.3) is 0 Å². The highest BCUT2D eigenvalue weighted by Crippen LogP contribution is 2.43. The normalized spacial score (nSPS) is 38.6. The fraction of sp³-hybridized carbons (Fsp3) is 0.889. The van der Waals surface area contributed by atoms with E-state index in [1.165, 1.54) is 141 Å². The maximum atomic E-state index is 2.68. The molecule has 0 aliphatic heterocycles. The zero-order chi connectivity index (χ0) is 25.0. The lowest BCUT2D eigenvalue weighted by atomic mass is 9.69. The molecule has 4 fully saturated rings. The Balaban J connectivity index is 1.07. The molecule has 0 saturated heterocycles. The van der Waals surface area contributed by atoms with Crippen LogP contribution in [-0.2, 0) is 0 Å². The second-order valence-corrected chi connectivity index (χ2v) is 14.0. The summed E-state index contributed by atoms with van der Waals surface area (Å²) in [6.45, 7) is 4.69. The van der Waals surface area contributed by atoms with E-state index >= 15 is 0 Å². The third-order valence-corrected chi connectivity index (χ3v) is 11.3. The van der Waals surface area contributed by atoms with Gasteiger partial charge >= 0.3 is 0 Å². The predicted molar refractivity (Wildman–Crippen MR) is 159 cm³/mol. The number of hydrogen-bond donors (Lipinski definition) is 0. The van der Waals surface area contributed by atoms with Gasteiger partial charge in [-0.1, -0.05) is 76.7 Å². The van der Waals surface area contributed by atoms with E-state index in [9.17, 15) is 0 Å². The van der Waals surface area contributed by atoms with Gasteiger partial charge in [0.25, 0.3) is 0 Å². The van der Waals surface area contributed by atoms with Gasteiger partial charge < -0.3 is 0 Å². The average molecular weight is 495 g/mol. The van der Waals surface area contributed by atoms with Crippen LogP contribution in [0, 0.1) is 47.3 Å². The maximum Gasteiger partial charge on any atom is -0.0233 e. The summed E-state index contributed by atoms with van der Waals surface area (Å²) >= 11 is 0. The highest BCUT2D eigenvalue weighted by molar-refractivity contribution is 4.99. The first-order valence-electron chi connectivity index (χ1n) is 17.1. The number of unbranched alkanes of at least 4 members (excludes halogenated alkanes) is 2. The Hall–Kier alpha value is -0.520. The molecule has 206 valence electrons. The van der Waals surface area contributed by atoms with Gasteiger partial charge in [0.2, 0.25) is 0 Å². The molecular weight excluding hydrogens is 432 g/mol. The molecule has 4 aliphatic rings. The van der Waals surface area contributed by atoms with E-state index in [-0.39, 0.29) is 0 Å².